The molecule has 1 unspecified atom stereocenters. The van der Waals surface area contributed by atoms with E-state index in [1.54, 1.807) is 0 Å². The van der Waals surface area contributed by atoms with Crippen molar-refractivity contribution in [2.24, 2.45) is 0 Å². The van der Waals surface area contributed by atoms with Crippen LogP contribution in [0.1, 0.15) is 63.6 Å². The minimum absolute atomic E-state index is 0.142. The van der Waals surface area contributed by atoms with Gasteiger partial charge < -0.3 is 4.90 Å². The number of hydrogen-bond acceptors (Lipinski definition) is 2. The summed E-state index contributed by atoms with van der Waals surface area (Å²) < 4.78 is 2.01. The van der Waals surface area contributed by atoms with E-state index in [-0.39, 0.29) is 10.8 Å². The zero-order chi connectivity index (χ0) is 18.4. The second-order valence-corrected chi connectivity index (χ2v) is 8.94. The molecule has 1 saturated heterocycles. The quantitative estimate of drug-likeness (QED) is 0.836. The number of amides is 1. The summed E-state index contributed by atoms with van der Waals surface area (Å²) in [6.45, 7) is 8.33. The molecule has 0 spiro atoms. The fraction of sp³-hybridized carbons (Fsp3) is 0.545. The summed E-state index contributed by atoms with van der Waals surface area (Å²) in [6, 6.07) is 11.0. The molecular weight excluding hydrogens is 322 g/mol. The first kappa shape index (κ1) is 17.3. The number of nitrogens with zero attached hydrogens (tertiary/aromatic N) is 3. The molecule has 2 fully saturated rings. The smallest absolute Gasteiger partial charge is 0.233 e. The van der Waals surface area contributed by atoms with Crippen LogP contribution in [0.3, 0.4) is 0 Å². The van der Waals surface area contributed by atoms with Crippen LogP contribution in [0.25, 0.3) is 0 Å². The summed E-state index contributed by atoms with van der Waals surface area (Å²) in [5.41, 5.74) is 2.38. The Morgan fingerprint density at radius 2 is 1.92 bits per heavy atom. The number of aromatic nitrogens is 2. The van der Waals surface area contributed by atoms with E-state index in [1.807, 2.05) is 23.1 Å². The van der Waals surface area contributed by atoms with Gasteiger partial charge in [0.2, 0.25) is 5.91 Å². The fourth-order valence-electron chi connectivity index (χ4n) is 4.19. The monoisotopic (exact) mass is 351 g/mol. The second kappa shape index (κ2) is 6.26. The summed E-state index contributed by atoms with van der Waals surface area (Å²) in [6.07, 6.45) is 7.93. The third-order valence-electron chi connectivity index (χ3n) is 6.05. The molecule has 0 N–H and O–H groups in total. The summed E-state index contributed by atoms with van der Waals surface area (Å²) in [5, 5.41) is 4.38. The van der Waals surface area contributed by atoms with E-state index >= 15 is 0 Å². The highest BCUT2D eigenvalue weighted by atomic mass is 16.2. The molecular formula is C22H29N3O. The Bertz CT molecular complexity index is 767. The highest BCUT2D eigenvalue weighted by Gasteiger charge is 2.53. The number of carbonyl (C=O) groups excluding carboxylic acids is 1. The predicted octanol–water partition coefficient (Wildman–Crippen LogP) is 4.08. The van der Waals surface area contributed by atoms with Crippen LogP contribution in [0.5, 0.6) is 0 Å². The van der Waals surface area contributed by atoms with E-state index in [2.05, 4.69) is 55.0 Å². The summed E-state index contributed by atoms with van der Waals surface area (Å²) >= 11 is 0. The molecule has 1 aliphatic heterocycles. The lowest BCUT2D eigenvalue weighted by Gasteiger charge is -2.35. The van der Waals surface area contributed by atoms with E-state index in [0.29, 0.717) is 11.9 Å². The van der Waals surface area contributed by atoms with E-state index in [4.69, 9.17) is 0 Å². The minimum atomic E-state index is -0.275. The zero-order valence-electron chi connectivity index (χ0n) is 16.1. The van der Waals surface area contributed by atoms with E-state index < -0.39 is 0 Å². The Morgan fingerprint density at radius 3 is 2.50 bits per heavy atom. The van der Waals surface area contributed by atoms with Gasteiger partial charge in [-0.1, -0.05) is 45.0 Å². The SMILES string of the molecule is CC(C)(C)c1ccc(C2(C(=O)N3CCCC(n4cccn4)C3)CC2)cc1. The average molecular weight is 351 g/mol. The number of carbonyl (C=O) groups is 1. The van der Waals surface area contributed by atoms with Gasteiger partial charge in [-0.15, -0.1) is 0 Å². The summed E-state index contributed by atoms with van der Waals surface area (Å²) in [4.78, 5) is 15.5. The maximum Gasteiger partial charge on any atom is 0.233 e. The molecule has 2 aliphatic rings. The molecule has 1 aliphatic carbocycles. The van der Waals surface area contributed by atoms with Crippen molar-refractivity contribution in [2.45, 2.75) is 63.3 Å². The summed E-state index contributed by atoms with van der Waals surface area (Å²) in [7, 11) is 0. The molecule has 1 saturated carbocycles. The van der Waals surface area contributed by atoms with Crippen molar-refractivity contribution in [2.75, 3.05) is 13.1 Å². The van der Waals surface area contributed by atoms with Gasteiger partial charge in [-0.3, -0.25) is 9.48 Å². The number of piperidine rings is 1. The molecule has 1 aromatic carbocycles. The standard InChI is InChI=1S/C22H29N3O/c1-21(2,3)17-7-9-18(10-8-17)22(11-12-22)20(26)24-14-4-6-19(16-24)25-15-5-13-23-25/h5,7-10,13,15,19H,4,6,11-12,14,16H2,1-3H3. The van der Waals surface area contributed by atoms with Gasteiger partial charge in [0.15, 0.2) is 0 Å². The van der Waals surface area contributed by atoms with Crippen molar-refractivity contribution in [3.63, 3.8) is 0 Å². The van der Waals surface area contributed by atoms with Gasteiger partial charge in [-0.25, -0.2) is 0 Å². The van der Waals surface area contributed by atoms with E-state index in [0.717, 1.165) is 38.8 Å². The van der Waals surface area contributed by atoms with Gasteiger partial charge in [0, 0.05) is 25.5 Å². The zero-order valence-corrected chi connectivity index (χ0v) is 16.1. The van der Waals surface area contributed by atoms with Gasteiger partial charge in [-0.05, 0) is 48.3 Å². The maximum atomic E-state index is 13.4. The average Bonchev–Trinajstić information content (AvgIpc) is 3.26. The van der Waals surface area contributed by atoms with Crippen LogP contribution < -0.4 is 0 Å². The molecule has 4 heteroatoms. The molecule has 2 aromatic rings. The molecule has 0 radical (unpaired) electrons. The number of rotatable bonds is 3. The Kier molecular flexibility index (Phi) is 4.17. The lowest BCUT2D eigenvalue weighted by atomic mass is 9.84. The van der Waals surface area contributed by atoms with Crippen LogP contribution in [0.4, 0.5) is 0 Å². The van der Waals surface area contributed by atoms with Gasteiger partial charge in [-0.2, -0.15) is 5.10 Å². The molecule has 138 valence electrons. The maximum absolute atomic E-state index is 13.4. The number of hydrogen-bond donors (Lipinski definition) is 0. The van der Waals surface area contributed by atoms with Crippen molar-refractivity contribution >= 4 is 5.91 Å². The van der Waals surface area contributed by atoms with Gasteiger partial charge in [0.05, 0.1) is 11.5 Å². The summed E-state index contributed by atoms with van der Waals surface area (Å²) in [5.74, 6) is 0.317. The third-order valence-corrected chi connectivity index (χ3v) is 6.05. The van der Waals surface area contributed by atoms with Crippen molar-refractivity contribution in [3.8, 4) is 0 Å². The van der Waals surface area contributed by atoms with Crippen molar-refractivity contribution in [1.29, 1.82) is 0 Å². The van der Waals surface area contributed by atoms with Crippen LogP contribution in [-0.2, 0) is 15.6 Å². The molecule has 1 amide bonds. The largest absolute Gasteiger partial charge is 0.340 e. The van der Waals surface area contributed by atoms with Crippen LogP contribution in [0.15, 0.2) is 42.7 Å². The normalized spacial score (nSPS) is 22.3. The van der Waals surface area contributed by atoms with Gasteiger partial charge in [0.1, 0.15) is 0 Å². The Labute approximate surface area is 156 Å². The van der Waals surface area contributed by atoms with E-state index in [1.165, 1.54) is 11.1 Å². The predicted molar refractivity (Wildman–Crippen MR) is 103 cm³/mol. The molecule has 1 aromatic heterocycles. The number of benzene rings is 1. The Balaban J connectivity index is 1.52. The van der Waals surface area contributed by atoms with Crippen molar-refractivity contribution < 1.29 is 4.79 Å². The van der Waals surface area contributed by atoms with Crippen LogP contribution in [0.2, 0.25) is 0 Å². The molecule has 0 bridgehead atoms. The first-order valence-corrected chi connectivity index (χ1v) is 9.80. The van der Waals surface area contributed by atoms with Crippen molar-refractivity contribution in [1.82, 2.24) is 14.7 Å². The van der Waals surface area contributed by atoms with Gasteiger partial charge in [0.25, 0.3) is 0 Å². The molecule has 26 heavy (non-hydrogen) atoms. The van der Waals surface area contributed by atoms with Crippen LogP contribution in [0, 0.1) is 0 Å². The minimum Gasteiger partial charge on any atom is -0.340 e. The van der Waals surface area contributed by atoms with Crippen LogP contribution in [-0.4, -0.2) is 33.7 Å². The molecule has 4 nitrogen and oxygen atoms in total. The first-order valence-electron chi connectivity index (χ1n) is 9.80. The Hall–Kier alpha value is -2.10. The van der Waals surface area contributed by atoms with E-state index in [9.17, 15) is 4.79 Å². The number of likely N-dealkylation sites (tertiary alicyclic amines) is 1. The fourth-order valence-corrected chi connectivity index (χ4v) is 4.19. The molecule has 2 heterocycles. The second-order valence-electron chi connectivity index (χ2n) is 8.94. The van der Waals surface area contributed by atoms with Crippen LogP contribution >= 0.6 is 0 Å². The molecule has 1 atom stereocenters. The molecule has 4 rings (SSSR count). The first-order chi connectivity index (χ1) is 12.4. The highest BCUT2D eigenvalue weighted by Crippen LogP contribution is 2.50. The third kappa shape index (κ3) is 3.06. The lowest BCUT2D eigenvalue weighted by Crippen LogP contribution is -2.45. The highest BCUT2D eigenvalue weighted by molar-refractivity contribution is 5.91. The lowest BCUT2D eigenvalue weighted by molar-refractivity contribution is -0.135. The van der Waals surface area contributed by atoms with Gasteiger partial charge >= 0.3 is 0 Å². The van der Waals surface area contributed by atoms with Crippen molar-refractivity contribution in [3.05, 3.63) is 53.9 Å². The Morgan fingerprint density at radius 1 is 1.19 bits per heavy atom. The topological polar surface area (TPSA) is 38.1 Å².